The number of anilines is 1. The first-order valence-electron chi connectivity index (χ1n) is 9.33. The molecule has 0 aliphatic rings. The topological polar surface area (TPSA) is 75.7 Å². The second-order valence-electron chi connectivity index (χ2n) is 6.73. The van der Waals surface area contributed by atoms with Gasteiger partial charge in [-0.1, -0.05) is 53.5 Å². The van der Waals surface area contributed by atoms with Crippen LogP contribution in [0.15, 0.2) is 71.6 Å². The fourth-order valence-corrected chi connectivity index (χ4v) is 4.82. The van der Waals surface area contributed by atoms with E-state index in [1.165, 1.54) is 37.4 Å². The third-order valence-corrected chi connectivity index (χ3v) is 6.86. The monoisotopic (exact) mass is 496 g/mol. The van der Waals surface area contributed by atoms with Crippen LogP contribution in [-0.4, -0.2) is 32.3 Å². The van der Waals surface area contributed by atoms with E-state index in [0.29, 0.717) is 11.3 Å². The van der Waals surface area contributed by atoms with E-state index in [2.05, 4.69) is 5.32 Å². The van der Waals surface area contributed by atoms with Gasteiger partial charge in [0.1, 0.15) is 11.6 Å². The van der Waals surface area contributed by atoms with Gasteiger partial charge in [-0.2, -0.15) is 4.31 Å². The molecule has 10 heteroatoms. The standard InChI is InChI=1S/C22H19Cl2FN2O4S/c1-31-21-10-8-17(12-19(21)24)32(29,30)27(13-15-5-3-2-4-6-15)14-22(28)26-16-7-9-20(25)18(23)11-16/h2-12H,13-14H2,1H3,(H,26,28). The van der Waals surface area contributed by atoms with Gasteiger partial charge in [0, 0.05) is 12.2 Å². The van der Waals surface area contributed by atoms with Crippen LogP contribution < -0.4 is 10.1 Å². The van der Waals surface area contributed by atoms with Crippen molar-refractivity contribution in [2.45, 2.75) is 11.4 Å². The molecule has 0 saturated carbocycles. The van der Waals surface area contributed by atoms with Crippen molar-refractivity contribution in [2.75, 3.05) is 19.0 Å². The summed E-state index contributed by atoms with van der Waals surface area (Å²) >= 11 is 11.9. The minimum atomic E-state index is -4.10. The quantitative estimate of drug-likeness (QED) is 0.477. The SMILES string of the molecule is COc1ccc(S(=O)(=O)N(CC(=O)Nc2ccc(F)c(Cl)c2)Cc2ccccc2)cc1Cl. The molecule has 0 atom stereocenters. The molecule has 3 rings (SSSR count). The molecule has 0 radical (unpaired) electrons. The first-order chi connectivity index (χ1) is 15.2. The fraction of sp³-hybridized carbons (Fsp3) is 0.136. The molecule has 0 bridgehead atoms. The number of carbonyl (C=O) groups excluding carboxylic acids is 1. The molecule has 0 aliphatic carbocycles. The summed E-state index contributed by atoms with van der Waals surface area (Å²) in [5, 5.41) is 2.50. The minimum Gasteiger partial charge on any atom is -0.495 e. The van der Waals surface area contributed by atoms with Crippen LogP contribution in [0.1, 0.15) is 5.56 Å². The summed E-state index contributed by atoms with van der Waals surface area (Å²) in [7, 11) is -2.68. The van der Waals surface area contributed by atoms with Gasteiger partial charge < -0.3 is 10.1 Å². The number of carbonyl (C=O) groups is 1. The first-order valence-corrected chi connectivity index (χ1v) is 11.5. The van der Waals surface area contributed by atoms with Gasteiger partial charge in [0.2, 0.25) is 15.9 Å². The highest BCUT2D eigenvalue weighted by Gasteiger charge is 2.28. The molecule has 0 unspecified atom stereocenters. The summed E-state index contributed by atoms with van der Waals surface area (Å²) in [6.07, 6.45) is 0. The maximum atomic E-state index is 13.4. The van der Waals surface area contributed by atoms with Crippen LogP contribution in [0.25, 0.3) is 0 Å². The highest BCUT2D eigenvalue weighted by Crippen LogP contribution is 2.29. The zero-order valence-corrected chi connectivity index (χ0v) is 19.2. The van der Waals surface area contributed by atoms with Crippen LogP contribution in [0.2, 0.25) is 10.0 Å². The van der Waals surface area contributed by atoms with Crippen LogP contribution in [0.3, 0.4) is 0 Å². The lowest BCUT2D eigenvalue weighted by molar-refractivity contribution is -0.116. The number of ether oxygens (including phenoxy) is 1. The van der Waals surface area contributed by atoms with E-state index in [4.69, 9.17) is 27.9 Å². The molecule has 6 nitrogen and oxygen atoms in total. The Hall–Kier alpha value is -2.65. The number of halogens is 3. The van der Waals surface area contributed by atoms with Gasteiger partial charge in [-0.3, -0.25) is 4.79 Å². The number of rotatable bonds is 8. The summed E-state index contributed by atoms with van der Waals surface area (Å²) in [5.74, 6) is -0.924. The Bertz CT molecular complexity index is 1220. The third kappa shape index (κ3) is 5.77. The van der Waals surface area contributed by atoms with Crippen molar-refractivity contribution < 1.29 is 22.3 Å². The number of hydrogen-bond acceptors (Lipinski definition) is 4. The van der Waals surface area contributed by atoms with Crippen molar-refractivity contribution in [1.82, 2.24) is 4.31 Å². The number of amides is 1. The Morgan fingerprint density at radius 3 is 2.38 bits per heavy atom. The van der Waals surface area contributed by atoms with E-state index in [-0.39, 0.29) is 27.2 Å². The number of benzene rings is 3. The predicted molar refractivity (Wildman–Crippen MR) is 122 cm³/mol. The Labute approximate surface area is 195 Å². The zero-order chi connectivity index (χ0) is 23.3. The number of nitrogens with zero attached hydrogens (tertiary/aromatic N) is 1. The van der Waals surface area contributed by atoms with Crippen molar-refractivity contribution in [3.8, 4) is 5.75 Å². The van der Waals surface area contributed by atoms with Crippen molar-refractivity contribution in [2.24, 2.45) is 0 Å². The maximum absolute atomic E-state index is 13.4. The Balaban J connectivity index is 1.89. The normalized spacial score (nSPS) is 11.4. The van der Waals surface area contributed by atoms with E-state index < -0.39 is 28.3 Å². The van der Waals surface area contributed by atoms with Gasteiger partial charge in [-0.05, 0) is 42.0 Å². The molecule has 1 amide bonds. The van der Waals surface area contributed by atoms with E-state index in [9.17, 15) is 17.6 Å². The van der Waals surface area contributed by atoms with Crippen molar-refractivity contribution in [3.05, 3.63) is 88.2 Å². The van der Waals surface area contributed by atoms with E-state index in [1.807, 2.05) is 0 Å². The molecule has 32 heavy (non-hydrogen) atoms. The largest absolute Gasteiger partial charge is 0.495 e. The average Bonchev–Trinajstić information content (AvgIpc) is 2.76. The van der Waals surface area contributed by atoms with Crippen LogP contribution in [0, 0.1) is 5.82 Å². The number of hydrogen-bond donors (Lipinski definition) is 1. The second kappa shape index (κ2) is 10.3. The van der Waals surface area contributed by atoms with Crippen LogP contribution >= 0.6 is 23.2 Å². The Morgan fingerprint density at radius 2 is 1.75 bits per heavy atom. The molecule has 3 aromatic rings. The molecule has 3 aromatic carbocycles. The zero-order valence-electron chi connectivity index (χ0n) is 16.9. The lowest BCUT2D eigenvalue weighted by Crippen LogP contribution is -2.37. The Morgan fingerprint density at radius 1 is 1.03 bits per heavy atom. The summed E-state index contributed by atoms with van der Waals surface area (Å²) in [5.41, 5.74) is 0.930. The lowest BCUT2D eigenvalue weighted by atomic mass is 10.2. The van der Waals surface area contributed by atoms with Gasteiger partial charge in [0.05, 0.1) is 28.6 Å². The second-order valence-corrected chi connectivity index (χ2v) is 9.48. The van der Waals surface area contributed by atoms with Crippen LogP contribution in [0.5, 0.6) is 5.75 Å². The number of nitrogens with one attached hydrogen (secondary N) is 1. The summed E-state index contributed by atoms with van der Waals surface area (Å²) < 4.78 is 46.2. The van der Waals surface area contributed by atoms with E-state index >= 15 is 0 Å². The molecule has 1 N–H and O–H groups in total. The first kappa shape index (κ1) is 24.0. The lowest BCUT2D eigenvalue weighted by Gasteiger charge is -2.22. The molecule has 0 heterocycles. The molecule has 0 spiro atoms. The van der Waals surface area contributed by atoms with Gasteiger partial charge in [0.25, 0.3) is 0 Å². The summed E-state index contributed by atoms with van der Waals surface area (Å²) in [4.78, 5) is 12.6. The molecule has 168 valence electrons. The van der Waals surface area contributed by atoms with Crippen LogP contribution in [-0.2, 0) is 21.4 Å². The minimum absolute atomic E-state index is 0.0512. The van der Waals surface area contributed by atoms with E-state index in [0.717, 1.165) is 10.4 Å². The molecule has 0 aliphatic heterocycles. The smallest absolute Gasteiger partial charge is 0.243 e. The van der Waals surface area contributed by atoms with Crippen molar-refractivity contribution >= 4 is 44.8 Å². The van der Waals surface area contributed by atoms with Crippen molar-refractivity contribution in [1.29, 1.82) is 0 Å². The van der Waals surface area contributed by atoms with Gasteiger partial charge in [-0.15, -0.1) is 0 Å². The Kier molecular flexibility index (Phi) is 7.73. The summed E-state index contributed by atoms with van der Waals surface area (Å²) in [6.45, 7) is -0.541. The average molecular weight is 497 g/mol. The highest BCUT2D eigenvalue weighted by molar-refractivity contribution is 7.89. The number of methoxy groups -OCH3 is 1. The van der Waals surface area contributed by atoms with E-state index in [1.54, 1.807) is 30.3 Å². The van der Waals surface area contributed by atoms with Gasteiger partial charge >= 0.3 is 0 Å². The maximum Gasteiger partial charge on any atom is 0.243 e. The van der Waals surface area contributed by atoms with Gasteiger partial charge in [-0.25, -0.2) is 12.8 Å². The molecule has 0 aromatic heterocycles. The van der Waals surface area contributed by atoms with Gasteiger partial charge in [0.15, 0.2) is 0 Å². The number of sulfonamides is 1. The fourth-order valence-electron chi connectivity index (χ4n) is 2.90. The molecular formula is C22H19Cl2FN2O4S. The molecular weight excluding hydrogens is 478 g/mol. The third-order valence-electron chi connectivity index (χ3n) is 4.49. The van der Waals surface area contributed by atoms with Crippen LogP contribution in [0.4, 0.5) is 10.1 Å². The molecule has 0 saturated heterocycles. The van der Waals surface area contributed by atoms with Crippen molar-refractivity contribution in [3.63, 3.8) is 0 Å². The highest BCUT2D eigenvalue weighted by atomic mass is 35.5. The predicted octanol–water partition coefficient (Wildman–Crippen LogP) is 4.97. The summed E-state index contributed by atoms with van der Waals surface area (Å²) in [6, 6.07) is 16.6. The molecule has 0 fully saturated rings.